The maximum absolute atomic E-state index is 15.0. The fourth-order valence-corrected chi connectivity index (χ4v) is 5.08. The lowest BCUT2D eigenvalue weighted by molar-refractivity contribution is -0.326. The number of hydrogen-bond donors (Lipinski definition) is 0. The van der Waals surface area contributed by atoms with Gasteiger partial charge >= 0.3 is 6.11 Å². The van der Waals surface area contributed by atoms with Crippen LogP contribution in [0.3, 0.4) is 0 Å². The molecule has 1 heterocycles. The van der Waals surface area contributed by atoms with Gasteiger partial charge in [0.05, 0.1) is 25.4 Å². The molecule has 4 aromatic carbocycles. The molecular formula is C35H31F7O4. The minimum Gasteiger partial charge on any atom is -0.429 e. The summed E-state index contributed by atoms with van der Waals surface area (Å²) in [7, 11) is 0. The molecule has 244 valence electrons. The van der Waals surface area contributed by atoms with Gasteiger partial charge in [0.1, 0.15) is 17.4 Å². The summed E-state index contributed by atoms with van der Waals surface area (Å²) in [6.07, 6.45) is 0.332. The van der Waals surface area contributed by atoms with Crippen LogP contribution in [0.1, 0.15) is 43.7 Å². The molecule has 11 heteroatoms. The van der Waals surface area contributed by atoms with Crippen LogP contribution in [-0.2, 0) is 26.9 Å². The van der Waals surface area contributed by atoms with Gasteiger partial charge in [-0.3, -0.25) is 0 Å². The van der Waals surface area contributed by atoms with Crippen LogP contribution in [0.4, 0.5) is 30.7 Å². The Morgan fingerprint density at radius 2 is 1.37 bits per heavy atom. The zero-order chi connectivity index (χ0) is 32.8. The lowest BCUT2D eigenvalue weighted by Gasteiger charge is -2.29. The summed E-state index contributed by atoms with van der Waals surface area (Å²) in [5, 5.41) is 0. The second-order valence-corrected chi connectivity index (χ2v) is 11.0. The molecule has 0 aliphatic carbocycles. The van der Waals surface area contributed by atoms with Crippen LogP contribution < -0.4 is 4.74 Å². The number of benzene rings is 4. The largest absolute Gasteiger partial charge is 0.429 e. The van der Waals surface area contributed by atoms with Crippen molar-refractivity contribution in [1.82, 2.24) is 0 Å². The van der Waals surface area contributed by atoms with E-state index in [0.29, 0.717) is 42.0 Å². The van der Waals surface area contributed by atoms with Crippen LogP contribution in [0.15, 0.2) is 72.8 Å². The third-order valence-electron chi connectivity index (χ3n) is 7.58. The number of unbranched alkanes of at least 4 members (excludes halogenated alkanes) is 2. The van der Waals surface area contributed by atoms with Gasteiger partial charge in [0, 0.05) is 11.5 Å². The number of rotatable bonds is 12. The van der Waals surface area contributed by atoms with E-state index in [1.165, 1.54) is 42.5 Å². The molecule has 4 aromatic rings. The summed E-state index contributed by atoms with van der Waals surface area (Å²) in [5.74, 6) is -6.61. The van der Waals surface area contributed by atoms with Gasteiger partial charge < -0.3 is 18.9 Å². The fourth-order valence-electron chi connectivity index (χ4n) is 5.08. The molecular weight excluding hydrogens is 617 g/mol. The smallest absolute Gasteiger partial charge is 0.429 e. The van der Waals surface area contributed by atoms with Gasteiger partial charge in [-0.1, -0.05) is 56.5 Å². The molecule has 4 nitrogen and oxygen atoms in total. The van der Waals surface area contributed by atoms with Crippen molar-refractivity contribution >= 4 is 0 Å². The topological polar surface area (TPSA) is 36.9 Å². The van der Waals surface area contributed by atoms with Gasteiger partial charge in [-0.25, -0.2) is 22.0 Å². The zero-order valence-corrected chi connectivity index (χ0v) is 24.8. The first kappa shape index (κ1) is 33.4. The Kier molecular flexibility index (Phi) is 10.7. The monoisotopic (exact) mass is 648 g/mol. The van der Waals surface area contributed by atoms with Gasteiger partial charge in [-0.2, -0.15) is 8.78 Å². The first-order valence-corrected chi connectivity index (χ1v) is 14.8. The van der Waals surface area contributed by atoms with E-state index in [4.69, 9.17) is 18.9 Å². The van der Waals surface area contributed by atoms with E-state index in [2.05, 4.69) is 6.92 Å². The lowest BCUT2D eigenvalue weighted by Crippen LogP contribution is -2.33. The average molecular weight is 649 g/mol. The third-order valence-corrected chi connectivity index (χ3v) is 7.58. The van der Waals surface area contributed by atoms with E-state index in [0.717, 1.165) is 43.9 Å². The van der Waals surface area contributed by atoms with E-state index in [1.807, 2.05) is 0 Å². The van der Waals surface area contributed by atoms with Crippen molar-refractivity contribution in [2.24, 2.45) is 5.92 Å². The van der Waals surface area contributed by atoms with Crippen molar-refractivity contribution in [3.8, 4) is 28.0 Å². The Balaban J connectivity index is 1.18. The van der Waals surface area contributed by atoms with Crippen LogP contribution >= 0.6 is 0 Å². The Morgan fingerprint density at radius 3 is 2.00 bits per heavy atom. The molecule has 0 spiro atoms. The van der Waals surface area contributed by atoms with Crippen molar-refractivity contribution in [3.63, 3.8) is 0 Å². The summed E-state index contributed by atoms with van der Waals surface area (Å²) in [5.41, 5.74) is -0.313. The Hall–Kier alpha value is -3.93. The molecule has 1 saturated heterocycles. The van der Waals surface area contributed by atoms with E-state index in [9.17, 15) is 30.7 Å². The van der Waals surface area contributed by atoms with E-state index >= 15 is 0 Å². The van der Waals surface area contributed by atoms with E-state index in [-0.39, 0.29) is 29.4 Å². The number of alkyl halides is 2. The van der Waals surface area contributed by atoms with Crippen LogP contribution in [0.25, 0.3) is 22.3 Å². The molecule has 1 fully saturated rings. The molecule has 1 aliphatic heterocycles. The summed E-state index contributed by atoms with van der Waals surface area (Å²) in [6, 6.07) is 13.5. The van der Waals surface area contributed by atoms with E-state index in [1.54, 1.807) is 0 Å². The van der Waals surface area contributed by atoms with Gasteiger partial charge in [-0.15, -0.1) is 0 Å². The molecule has 46 heavy (non-hydrogen) atoms. The van der Waals surface area contributed by atoms with Crippen molar-refractivity contribution in [2.75, 3.05) is 13.2 Å². The quantitative estimate of drug-likeness (QED) is 0.0871. The summed E-state index contributed by atoms with van der Waals surface area (Å²) in [6.45, 7) is 2.06. The molecule has 0 atom stereocenters. The molecule has 1 aliphatic rings. The first-order valence-electron chi connectivity index (χ1n) is 14.8. The lowest BCUT2D eigenvalue weighted by atomic mass is 9.99. The Labute approximate surface area is 261 Å². The number of halogens is 7. The van der Waals surface area contributed by atoms with Crippen LogP contribution in [0.2, 0.25) is 0 Å². The SMILES string of the molecule is CCCCCC1COC(OCc2ccc(C(F)(F)Oc3ccc(-c4ccc(-c5cc(F)c(F)c(F)c5)c(F)c4)cc3)c(F)c2)OC1. The average Bonchev–Trinajstić information content (AvgIpc) is 3.03. The minimum atomic E-state index is -4.03. The van der Waals surface area contributed by atoms with Gasteiger partial charge in [0.2, 0.25) is 0 Å². The van der Waals surface area contributed by atoms with Crippen molar-refractivity contribution in [2.45, 2.75) is 51.8 Å². The number of ether oxygens (including phenoxy) is 4. The predicted octanol–water partition coefficient (Wildman–Crippen LogP) is 9.89. The van der Waals surface area contributed by atoms with Crippen LogP contribution in [0, 0.1) is 35.0 Å². The standard InChI is InChI=1S/C35H31F7O4/c1-2-3-4-5-22-19-44-34(45-20-22)43-18-21-6-13-28(30(37)14-21)35(41,42)46-26-10-7-23(8-11-26)24-9-12-27(29(36)15-24)25-16-31(38)33(40)32(39)17-25/h6-17,22,34H,2-5,18-20H2,1H3. The van der Waals surface area contributed by atoms with Crippen LogP contribution in [0.5, 0.6) is 5.75 Å². The Bertz CT molecular complexity index is 1610. The predicted molar refractivity (Wildman–Crippen MR) is 156 cm³/mol. The molecule has 0 N–H and O–H groups in total. The Morgan fingerprint density at radius 1 is 0.717 bits per heavy atom. The summed E-state index contributed by atoms with van der Waals surface area (Å²) >= 11 is 0. The molecule has 0 bridgehead atoms. The second-order valence-electron chi connectivity index (χ2n) is 11.0. The highest BCUT2D eigenvalue weighted by molar-refractivity contribution is 5.71. The van der Waals surface area contributed by atoms with E-state index < -0.39 is 47.2 Å². The van der Waals surface area contributed by atoms with Gasteiger partial charge in [-0.05, 0) is 71.1 Å². The molecule has 5 rings (SSSR count). The highest BCUT2D eigenvalue weighted by Crippen LogP contribution is 2.35. The fraction of sp³-hybridized carbons (Fsp3) is 0.314. The molecule has 0 unspecified atom stereocenters. The molecule has 0 amide bonds. The highest BCUT2D eigenvalue weighted by Gasteiger charge is 2.38. The maximum atomic E-state index is 15.0. The van der Waals surface area contributed by atoms with Crippen LogP contribution in [-0.4, -0.2) is 19.7 Å². The molecule has 0 aromatic heterocycles. The summed E-state index contributed by atoms with van der Waals surface area (Å²) in [4.78, 5) is 0. The number of hydrogen-bond acceptors (Lipinski definition) is 4. The van der Waals surface area contributed by atoms with Crippen molar-refractivity contribution in [1.29, 1.82) is 0 Å². The van der Waals surface area contributed by atoms with Gasteiger partial charge in [0.15, 0.2) is 17.5 Å². The molecule has 0 saturated carbocycles. The van der Waals surface area contributed by atoms with Crippen molar-refractivity contribution < 1.29 is 49.7 Å². The van der Waals surface area contributed by atoms with Gasteiger partial charge in [0.25, 0.3) is 6.48 Å². The maximum Gasteiger partial charge on any atom is 0.429 e. The second kappa shape index (κ2) is 14.7. The first-order chi connectivity index (χ1) is 22.0. The highest BCUT2D eigenvalue weighted by atomic mass is 19.3. The zero-order valence-electron chi connectivity index (χ0n) is 24.8. The summed E-state index contributed by atoms with van der Waals surface area (Å²) < 4.78 is 121. The normalized spacial score (nSPS) is 16.9. The minimum absolute atomic E-state index is 0.116. The van der Waals surface area contributed by atoms with Crippen molar-refractivity contribution in [3.05, 3.63) is 113 Å². The third kappa shape index (κ3) is 8.07. The molecule has 0 radical (unpaired) electrons.